The molecule has 3 N–H and O–H groups in total. The van der Waals surface area contributed by atoms with Crippen LogP contribution in [0.1, 0.15) is 12.0 Å². The number of nitrogen functional groups attached to an aromatic ring is 1. The van der Waals surface area contributed by atoms with Crippen LogP contribution in [-0.2, 0) is 11.1 Å². The van der Waals surface area contributed by atoms with Gasteiger partial charge in [-0.1, -0.05) is 6.07 Å². The van der Waals surface area contributed by atoms with Crippen LogP contribution in [0.3, 0.4) is 0 Å². The minimum absolute atomic E-state index is 0.120. The number of aromatic amines is 1. The summed E-state index contributed by atoms with van der Waals surface area (Å²) in [6.07, 6.45) is 2.95. The van der Waals surface area contributed by atoms with E-state index in [1.165, 1.54) is 4.57 Å². The standard InChI is InChI=1S/C20H29N8O2P/c1-26(2)10-14-7-8-27(11-14)15-6-5-13(9-22-15)12-28-18-16(23-20(28)29)17(21)24-19(25-18)31(3,4)30/h5-6,9,14H,7-8,10-12H2,1-4H3,(H,23,29)(H2,21,24,25). The van der Waals surface area contributed by atoms with Gasteiger partial charge in [0.05, 0.1) is 6.54 Å². The highest BCUT2D eigenvalue weighted by Crippen LogP contribution is 2.33. The summed E-state index contributed by atoms with van der Waals surface area (Å²) in [6.45, 7) is 6.51. The van der Waals surface area contributed by atoms with Crippen molar-refractivity contribution >= 4 is 35.5 Å². The van der Waals surface area contributed by atoms with Gasteiger partial charge in [-0.3, -0.25) is 4.57 Å². The third-order valence-electron chi connectivity index (χ3n) is 5.50. The summed E-state index contributed by atoms with van der Waals surface area (Å²) in [7, 11) is 1.47. The zero-order valence-electron chi connectivity index (χ0n) is 18.4. The highest BCUT2D eigenvalue weighted by Gasteiger charge is 2.24. The minimum atomic E-state index is -2.73. The van der Waals surface area contributed by atoms with E-state index in [4.69, 9.17) is 5.73 Å². The molecule has 4 rings (SSSR count). The summed E-state index contributed by atoms with van der Waals surface area (Å²) in [4.78, 5) is 32.9. The van der Waals surface area contributed by atoms with E-state index in [0.29, 0.717) is 17.1 Å². The number of hydrogen-bond acceptors (Lipinski definition) is 8. The van der Waals surface area contributed by atoms with Gasteiger partial charge in [0, 0.05) is 25.8 Å². The maximum Gasteiger partial charge on any atom is 0.328 e. The quantitative estimate of drug-likeness (QED) is 0.534. The van der Waals surface area contributed by atoms with Gasteiger partial charge in [-0.25, -0.2) is 19.7 Å². The van der Waals surface area contributed by atoms with Crippen molar-refractivity contribution in [3.63, 3.8) is 0 Å². The van der Waals surface area contributed by atoms with E-state index in [9.17, 15) is 9.36 Å². The first-order valence-electron chi connectivity index (χ1n) is 10.3. The van der Waals surface area contributed by atoms with Gasteiger partial charge in [-0.2, -0.15) is 0 Å². The van der Waals surface area contributed by atoms with Crippen molar-refractivity contribution in [3.8, 4) is 0 Å². The molecule has 0 amide bonds. The first kappa shape index (κ1) is 21.5. The highest BCUT2D eigenvalue weighted by atomic mass is 31.2. The molecule has 0 saturated carbocycles. The van der Waals surface area contributed by atoms with Crippen molar-refractivity contribution < 1.29 is 4.57 Å². The zero-order chi connectivity index (χ0) is 22.3. The molecular weight excluding hydrogens is 415 g/mol. The van der Waals surface area contributed by atoms with Crippen LogP contribution < -0.4 is 21.9 Å². The Bertz CT molecular complexity index is 1190. The fourth-order valence-electron chi connectivity index (χ4n) is 4.01. The van der Waals surface area contributed by atoms with Gasteiger partial charge < -0.3 is 25.1 Å². The number of rotatable bonds is 6. The number of fused-ring (bicyclic) bond motifs is 1. The number of anilines is 2. The number of imidazole rings is 1. The summed E-state index contributed by atoms with van der Waals surface area (Å²) in [5.74, 6) is 1.71. The van der Waals surface area contributed by atoms with E-state index < -0.39 is 7.14 Å². The molecule has 1 aliphatic rings. The van der Waals surface area contributed by atoms with Gasteiger partial charge in [-0.15, -0.1) is 0 Å². The SMILES string of the molecule is CN(C)CC1CCN(c2ccc(Cn3c(=O)[nH]c4c(N)nc(P(C)(C)=O)nc43)cn2)C1. The highest BCUT2D eigenvalue weighted by molar-refractivity contribution is 7.69. The maximum atomic E-state index is 12.5. The van der Waals surface area contributed by atoms with E-state index in [1.54, 1.807) is 19.5 Å². The van der Waals surface area contributed by atoms with Gasteiger partial charge in [0.25, 0.3) is 0 Å². The molecule has 1 saturated heterocycles. The lowest BCUT2D eigenvalue weighted by molar-refractivity contribution is 0.340. The molecule has 1 unspecified atom stereocenters. The van der Waals surface area contributed by atoms with Crippen LogP contribution in [0.4, 0.5) is 11.6 Å². The van der Waals surface area contributed by atoms with Gasteiger partial charge >= 0.3 is 5.69 Å². The summed E-state index contributed by atoms with van der Waals surface area (Å²) >= 11 is 0. The molecule has 4 heterocycles. The lowest BCUT2D eigenvalue weighted by Gasteiger charge is -2.19. The Morgan fingerprint density at radius 3 is 2.71 bits per heavy atom. The minimum Gasteiger partial charge on any atom is -0.382 e. The van der Waals surface area contributed by atoms with Gasteiger partial charge in [-0.05, 0) is 51.4 Å². The van der Waals surface area contributed by atoms with Crippen LogP contribution in [0.15, 0.2) is 23.1 Å². The van der Waals surface area contributed by atoms with Crippen LogP contribution in [0, 0.1) is 5.92 Å². The molecule has 1 fully saturated rings. The van der Waals surface area contributed by atoms with E-state index >= 15 is 0 Å². The lowest BCUT2D eigenvalue weighted by Crippen LogP contribution is -2.26. The van der Waals surface area contributed by atoms with Crippen LogP contribution in [-0.4, -0.2) is 76.5 Å². The van der Waals surface area contributed by atoms with Crippen LogP contribution >= 0.6 is 7.14 Å². The second kappa shape index (κ2) is 8.09. The summed E-state index contributed by atoms with van der Waals surface area (Å²) in [5.41, 5.74) is 7.39. The van der Waals surface area contributed by atoms with Gasteiger partial charge in [0.2, 0.25) is 0 Å². The monoisotopic (exact) mass is 444 g/mol. The van der Waals surface area contributed by atoms with Crippen LogP contribution in [0.2, 0.25) is 0 Å². The molecule has 3 aromatic heterocycles. The average molecular weight is 444 g/mol. The van der Waals surface area contributed by atoms with Crippen molar-refractivity contribution in [2.24, 2.45) is 5.92 Å². The predicted molar refractivity (Wildman–Crippen MR) is 124 cm³/mol. The fourth-order valence-corrected chi connectivity index (χ4v) is 4.70. The van der Waals surface area contributed by atoms with Crippen molar-refractivity contribution in [2.75, 3.05) is 57.7 Å². The second-order valence-electron chi connectivity index (χ2n) is 8.86. The first-order chi connectivity index (χ1) is 14.6. The van der Waals surface area contributed by atoms with E-state index in [2.05, 4.69) is 43.8 Å². The normalized spacial score (nSPS) is 17.2. The van der Waals surface area contributed by atoms with E-state index in [-0.39, 0.29) is 23.6 Å². The number of pyridine rings is 1. The van der Waals surface area contributed by atoms with Gasteiger partial charge in [0.1, 0.15) is 18.5 Å². The summed E-state index contributed by atoms with van der Waals surface area (Å²) in [5, 5.41) is 0. The predicted octanol–water partition coefficient (Wildman–Crippen LogP) is 0.781. The van der Waals surface area contributed by atoms with Crippen LogP contribution in [0.5, 0.6) is 0 Å². The van der Waals surface area contributed by atoms with Crippen molar-refractivity contribution in [1.82, 2.24) is 29.4 Å². The van der Waals surface area contributed by atoms with Crippen molar-refractivity contribution in [2.45, 2.75) is 13.0 Å². The summed E-state index contributed by atoms with van der Waals surface area (Å²) < 4.78 is 13.9. The smallest absolute Gasteiger partial charge is 0.328 e. The number of nitrogens with one attached hydrogen (secondary N) is 1. The average Bonchev–Trinajstić information content (AvgIpc) is 3.27. The Hall–Kier alpha value is -2.71. The third kappa shape index (κ3) is 4.50. The molecule has 1 aliphatic heterocycles. The number of nitrogens with zero attached hydrogens (tertiary/aromatic N) is 6. The number of aromatic nitrogens is 5. The number of hydrogen-bond donors (Lipinski definition) is 2. The number of nitrogens with two attached hydrogens (primary N) is 1. The van der Waals surface area contributed by atoms with Crippen molar-refractivity contribution in [1.29, 1.82) is 0 Å². The largest absolute Gasteiger partial charge is 0.382 e. The Morgan fingerprint density at radius 2 is 2.06 bits per heavy atom. The first-order valence-corrected chi connectivity index (χ1v) is 12.9. The van der Waals surface area contributed by atoms with Gasteiger partial charge in [0.15, 0.2) is 17.0 Å². The topological polar surface area (TPSA) is 126 Å². The Labute approximate surface area is 180 Å². The molecule has 0 aromatic carbocycles. The second-order valence-corrected chi connectivity index (χ2v) is 12.0. The molecule has 166 valence electrons. The molecule has 0 spiro atoms. The van der Waals surface area contributed by atoms with E-state index in [0.717, 1.165) is 37.4 Å². The fraction of sp³-hybridized carbons (Fsp3) is 0.500. The maximum absolute atomic E-state index is 12.5. The molecule has 3 aromatic rings. The zero-order valence-corrected chi connectivity index (χ0v) is 19.3. The Morgan fingerprint density at radius 1 is 1.29 bits per heavy atom. The Kier molecular flexibility index (Phi) is 5.61. The van der Waals surface area contributed by atoms with Crippen molar-refractivity contribution in [3.05, 3.63) is 34.4 Å². The number of H-pyrrole nitrogens is 1. The molecule has 1 atom stereocenters. The van der Waals surface area contributed by atoms with Crippen LogP contribution in [0.25, 0.3) is 11.2 Å². The molecule has 10 nitrogen and oxygen atoms in total. The molecule has 0 bridgehead atoms. The lowest BCUT2D eigenvalue weighted by atomic mass is 10.1. The molecule has 0 radical (unpaired) electrons. The molecule has 31 heavy (non-hydrogen) atoms. The van der Waals surface area contributed by atoms with E-state index in [1.807, 2.05) is 12.1 Å². The summed E-state index contributed by atoms with van der Waals surface area (Å²) in [6, 6.07) is 3.97. The molecule has 11 heteroatoms. The molecular formula is C20H29N8O2P. The third-order valence-corrected chi connectivity index (χ3v) is 6.67. The Balaban J connectivity index is 1.57. The molecule has 0 aliphatic carbocycles.